The standard InChI is InChI=1S/C27H20BrN5O2S/c28-20-11-13-21(14-12-20)33-26(19-7-2-1-3-8-19)31-32-27(33)36-17-25(35)30-29-16-23-22-9-5-4-6-18(22)10-15-24(23)34/h1-16,34H,17H2,(H,30,35)/b29-16+. The fraction of sp³-hybridized carbons (Fsp3) is 0.0370. The normalized spacial score (nSPS) is 11.2. The van der Waals surface area contributed by atoms with Crippen molar-refractivity contribution in [3.63, 3.8) is 0 Å². The van der Waals surface area contributed by atoms with Crippen molar-refractivity contribution >= 4 is 50.6 Å². The van der Waals surface area contributed by atoms with Gasteiger partial charge in [-0.25, -0.2) is 5.43 Å². The Labute approximate surface area is 220 Å². The van der Waals surface area contributed by atoms with E-state index < -0.39 is 0 Å². The lowest BCUT2D eigenvalue weighted by atomic mass is 10.0. The zero-order valence-corrected chi connectivity index (χ0v) is 21.3. The summed E-state index contributed by atoms with van der Waals surface area (Å²) in [5.41, 5.74) is 4.88. The molecule has 9 heteroatoms. The molecule has 2 N–H and O–H groups in total. The minimum Gasteiger partial charge on any atom is -0.507 e. The van der Waals surface area contributed by atoms with Gasteiger partial charge >= 0.3 is 0 Å². The number of amides is 1. The van der Waals surface area contributed by atoms with Crippen LogP contribution in [-0.4, -0.2) is 37.7 Å². The quantitative estimate of drug-likeness (QED) is 0.150. The molecule has 7 nitrogen and oxygen atoms in total. The van der Waals surface area contributed by atoms with Crippen LogP contribution in [0, 0.1) is 0 Å². The molecule has 0 radical (unpaired) electrons. The van der Waals surface area contributed by atoms with E-state index in [0.29, 0.717) is 16.5 Å². The molecule has 0 aliphatic heterocycles. The highest BCUT2D eigenvalue weighted by molar-refractivity contribution is 9.10. The number of hydrogen-bond donors (Lipinski definition) is 2. The van der Waals surface area contributed by atoms with E-state index >= 15 is 0 Å². The van der Waals surface area contributed by atoms with Gasteiger partial charge in [-0.1, -0.05) is 88.4 Å². The van der Waals surface area contributed by atoms with Crippen molar-refractivity contribution < 1.29 is 9.90 Å². The van der Waals surface area contributed by atoms with Gasteiger partial charge in [0.1, 0.15) is 5.75 Å². The Kier molecular flexibility index (Phi) is 7.11. The van der Waals surface area contributed by atoms with Gasteiger partial charge in [0.25, 0.3) is 5.91 Å². The molecule has 0 fully saturated rings. The molecular formula is C27H20BrN5O2S. The van der Waals surface area contributed by atoms with Crippen LogP contribution < -0.4 is 5.43 Å². The van der Waals surface area contributed by atoms with E-state index in [-0.39, 0.29) is 17.4 Å². The lowest BCUT2D eigenvalue weighted by Gasteiger charge is -2.10. The second-order valence-corrected chi connectivity index (χ2v) is 9.64. The van der Waals surface area contributed by atoms with Gasteiger partial charge in [0.15, 0.2) is 11.0 Å². The highest BCUT2D eigenvalue weighted by Crippen LogP contribution is 2.29. The fourth-order valence-electron chi connectivity index (χ4n) is 3.71. The third-order valence-electron chi connectivity index (χ3n) is 5.41. The zero-order chi connectivity index (χ0) is 24.9. The number of benzene rings is 4. The Bertz CT molecular complexity index is 1550. The minimum atomic E-state index is -0.303. The first-order valence-corrected chi connectivity index (χ1v) is 12.8. The largest absolute Gasteiger partial charge is 0.507 e. The van der Waals surface area contributed by atoms with Gasteiger partial charge in [-0.15, -0.1) is 10.2 Å². The Morgan fingerprint density at radius 3 is 2.53 bits per heavy atom. The first-order chi connectivity index (χ1) is 17.6. The highest BCUT2D eigenvalue weighted by atomic mass is 79.9. The summed E-state index contributed by atoms with van der Waals surface area (Å²) in [6.45, 7) is 0. The molecule has 1 aromatic heterocycles. The number of halogens is 1. The smallest absolute Gasteiger partial charge is 0.250 e. The topological polar surface area (TPSA) is 92.4 Å². The van der Waals surface area contributed by atoms with E-state index in [4.69, 9.17) is 0 Å². The third-order valence-corrected chi connectivity index (χ3v) is 6.87. The predicted molar refractivity (Wildman–Crippen MR) is 147 cm³/mol. The average molecular weight is 558 g/mol. The number of nitrogens with one attached hydrogen (secondary N) is 1. The number of carbonyl (C=O) groups is 1. The lowest BCUT2D eigenvalue weighted by molar-refractivity contribution is -0.118. The molecule has 4 aromatic carbocycles. The third kappa shape index (κ3) is 5.17. The van der Waals surface area contributed by atoms with Gasteiger partial charge in [-0.3, -0.25) is 9.36 Å². The lowest BCUT2D eigenvalue weighted by Crippen LogP contribution is -2.20. The van der Waals surface area contributed by atoms with Gasteiger partial charge in [0, 0.05) is 21.3 Å². The molecule has 5 aromatic rings. The zero-order valence-electron chi connectivity index (χ0n) is 18.9. The molecule has 0 atom stereocenters. The molecule has 0 saturated heterocycles. The van der Waals surface area contributed by atoms with Gasteiger partial charge in [-0.05, 0) is 41.1 Å². The number of thioether (sulfide) groups is 1. The summed E-state index contributed by atoms with van der Waals surface area (Å²) < 4.78 is 2.89. The Balaban J connectivity index is 1.33. The van der Waals surface area contributed by atoms with Crippen LogP contribution in [0.25, 0.3) is 27.8 Å². The maximum atomic E-state index is 12.6. The average Bonchev–Trinajstić information content (AvgIpc) is 3.33. The number of aromatic nitrogens is 3. The maximum absolute atomic E-state index is 12.6. The molecule has 0 saturated carbocycles. The van der Waals surface area contributed by atoms with E-state index in [0.717, 1.165) is 26.5 Å². The molecule has 5 rings (SSSR count). The number of aromatic hydroxyl groups is 1. The molecule has 0 aliphatic carbocycles. The number of phenols is 1. The van der Waals surface area contributed by atoms with Crippen LogP contribution in [0.2, 0.25) is 0 Å². The minimum absolute atomic E-state index is 0.0856. The van der Waals surface area contributed by atoms with Crippen molar-refractivity contribution in [2.45, 2.75) is 5.16 Å². The number of phenolic OH excluding ortho intramolecular Hbond substituents is 1. The van der Waals surface area contributed by atoms with Gasteiger partial charge in [0.2, 0.25) is 0 Å². The first-order valence-electron chi connectivity index (χ1n) is 11.0. The van der Waals surface area contributed by atoms with E-state index in [2.05, 4.69) is 36.7 Å². The Hall–Kier alpha value is -3.95. The monoisotopic (exact) mass is 557 g/mol. The molecule has 178 valence electrons. The van der Waals surface area contributed by atoms with E-state index in [1.807, 2.05) is 89.5 Å². The van der Waals surface area contributed by atoms with Gasteiger partial charge in [-0.2, -0.15) is 5.10 Å². The van der Waals surface area contributed by atoms with E-state index in [1.54, 1.807) is 6.07 Å². The molecule has 0 aliphatic rings. The number of carbonyl (C=O) groups excluding carboxylic acids is 1. The number of hydrogen-bond acceptors (Lipinski definition) is 6. The Morgan fingerprint density at radius 1 is 0.972 bits per heavy atom. The Morgan fingerprint density at radius 2 is 1.72 bits per heavy atom. The number of rotatable bonds is 7. The molecule has 0 spiro atoms. The summed E-state index contributed by atoms with van der Waals surface area (Å²) in [4.78, 5) is 12.6. The summed E-state index contributed by atoms with van der Waals surface area (Å²) >= 11 is 4.74. The van der Waals surface area contributed by atoms with E-state index in [1.165, 1.54) is 18.0 Å². The summed E-state index contributed by atoms with van der Waals surface area (Å²) in [6, 6.07) is 28.7. The van der Waals surface area contributed by atoms with Crippen LogP contribution in [-0.2, 0) is 4.79 Å². The van der Waals surface area contributed by atoms with Crippen LogP contribution in [0.15, 0.2) is 106 Å². The predicted octanol–water partition coefficient (Wildman–Crippen LogP) is 5.80. The fourth-order valence-corrected chi connectivity index (χ4v) is 4.72. The van der Waals surface area contributed by atoms with Crippen molar-refractivity contribution in [2.75, 3.05) is 5.75 Å². The molecule has 1 amide bonds. The van der Waals surface area contributed by atoms with Gasteiger partial charge in [0.05, 0.1) is 12.0 Å². The highest BCUT2D eigenvalue weighted by Gasteiger charge is 2.17. The second kappa shape index (κ2) is 10.8. The van der Waals surface area contributed by atoms with Crippen molar-refractivity contribution in [1.82, 2.24) is 20.2 Å². The molecule has 0 unspecified atom stereocenters. The molecular weight excluding hydrogens is 538 g/mol. The summed E-state index contributed by atoms with van der Waals surface area (Å²) in [6.07, 6.45) is 1.46. The van der Waals surface area contributed by atoms with Crippen LogP contribution in [0.3, 0.4) is 0 Å². The van der Waals surface area contributed by atoms with Crippen molar-refractivity contribution in [2.24, 2.45) is 5.10 Å². The summed E-state index contributed by atoms with van der Waals surface area (Å²) in [5, 5.41) is 25.5. The van der Waals surface area contributed by atoms with Crippen LogP contribution >= 0.6 is 27.7 Å². The molecule has 1 heterocycles. The van der Waals surface area contributed by atoms with Crippen molar-refractivity contribution in [3.8, 4) is 22.8 Å². The molecule has 36 heavy (non-hydrogen) atoms. The van der Waals surface area contributed by atoms with Crippen LogP contribution in [0.4, 0.5) is 0 Å². The van der Waals surface area contributed by atoms with Crippen molar-refractivity contribution in [1.29, 1.82) is 0 Å². The van der Waals surface area contributed by atoms with Gasteiger partial charge < -0.3 is 5.11 Å². The second-order valence-electron chi connectivity index (χ2n) is 7.79. The maximum Gasteiger partial charge on any atom is 0.250 e. The van der Waals surface area contributed by atoms with Crippen LogP contribution in [0.1, 0.15) is 5.56 Å². The number of fused-ring (bicyclic) bond motifs is 1. The summed E-state index contributed by atoms with van der Waals surface area (Å²) in [7, 11) is 0. The number of nitrogens with zero attached hydrogens (tertiary/aromatic N) is 4. The van der Waals surface area contributed by atoms with Crippen molar-refractivity contribution in [3.05, 3.63) is 101 Å². The first kappa shape index (κ1) is 23.8. The molecule has 0 bridgehead atoms. The van der Waals surface area contributed by atoms with Crippen LogP contribution in [0.5, 0.6) is 5.75 Å². The van der Waals surface area contributed by atoms with E-state index in [9.17, 15) is 9.90 Å². The SMILES string of the molecule is O=C(CSc1nnc(-c2ccccc2)n1-c1ccc(Br)cc1)N/N=C/c1c(O)ccc2ccccc12. The summed E-state index contributed by atoms with van der Waals surface area (Å²) in [5.74, 6) is 0.562. The number of hydrazone groups is 1.